The summed E-state index contributed by atoms with van der Waals surface area (Å²) in [6.07, 6.45) is 0. The lowest BCUT2D eigenvalue weighted by molar-refractivity contribution is 0.0702. The number of rotatable bonds is 2. The van der Waals surface area contributed by atoms with E-state index in [9.17, 15) is 4.79 Å². The molecule has 0 amide bonds. The maximum atomic E-state index is 10.8. The van der Waals surface area contributed by atoms with Gasteiger partial charge in [-0.05, 0) is 31.5 Å². The molecule has 1 heterocycles. The van der Waals surface area contributed by atoms with Gasteiger partial charge in [-0.1, -0.05) is 29.3 Å². The number of carboxylic acid groups (broad SMARTS) is 1. The van der Waals surface area contributed by atoms with E-state index in [1.165, 1.54) is 22.5 Å². The van der Waals surface area contributed by atoms with Crippen LogP contribution in [0.2, 0.25) is 0 Å². The van der Waals surface area contributed by atoms with Crippen molar-refractivity contribution in [2.75, 3.05) is 0 Å². The van der Waals surface area contributed by atoms with Crippen molar-refractivity contribution >= 4 is 17.3 Å². The Balaban J connectivity index is 2.46. The van der Waals surface area contributed by atoms with Crippen LogP contribution in [-0.2, 0) is 0 Å². The highest BCUT2D eigenvalue weighted by atomic mass is 32.1. The standard InChI is InChI=1S/C13H12O2S/c1-8-5-9(2)7-10(6-8)11-3-4-12(16-11)13(14)15/h3-7H,1-2H3,(H,14,15). The average molecular weight is 232 g/mol. The summed E-state index contributed by atoms with van der Waals surface area (Å²) in [4.78, 5) is 12.2. The molecule has 3 heteroatoms. The number of hydrogen-bond donors (Lipinski definition) is 1. The molecule has 0 unspecified atom stereocenters. The van der Waals surface area contributed by atoms with Crippen LogP contribution >= 0.6 is 11.3 Å². The van der Waals surface area contributed by atoms with Crippen LogP contribution in [0.1, 0.15) is 20.8 Å². The second kappa shape index (κ2) is 4.10. The van der Waals surface area contributed by atoms with E-state index in [1.54, 1.807) is 6.07 Å². The minimum atomic E-state index is -0.861. The normalized spacial score (nSPS) is 10.4. The van der Waals surface area contributed by atoms with Crippen LogP contribution in [0.3, 0.4) is 0 Å². The molecule has 82 valence electrons. The summed E-state index contributed by atoms with van der Waals surface area (Å²) in [5.41, 5.74) is 3.48. The lowest BCUT2D eigenvalue weighted by Crippen LogP contribution is -1.89. The minimum Gasteiger partial charge on any atom is -0.477 e. The van der Waals surface area contributed by atoms with E-state index in [1.807, 2.05) is 19.9 Å². The highest BCUT2D eigenvalue weighted by Crippen LogP contribution is 2.29. The fourth-order valence-corrected chi connectivity index (χ4v) is 2.56. The first-order chi connectivity index (χ1) is 7.56. The van der Waals surface area contributed by atoms with Crippen LogP contribution in [0.5, 0.6) is 0 Å². The molecule has 0 saturated heterocycles. The topological polar surface area (TPSA) is 37.3 Å². The van der Waals surface area contributed by atoms with Gasteiger partial charge in [-0.2, -0.15) is 0 Å². The predicted molar refractivity (Wildman–Crippen MR) is 66.2 cm³/mol. The molecule has 1 N–H and O–H groups in total. The van der Waals surface area contributed by atoms with E-state index in [0.717, 1.165) is 10.4 Å². The first-order valence-electron chi connectivity index (χ1n) is 4.98. The molecular formula is C13H12O2S. The number of hydrogen-bond acceptors (Lipinski definition) is 2. The van der Waals surface area contributed by atoms with Crippen molar-refractivity contribution in [3.63, 3.8) is 0 Å². The lowest BCUT2D eigenvalue weighted by Gasteiger charge is -2.01. The van der Waals surface area contributed by atoms with Crippen molar-refractivity contribution in [3.05, 3.63) is 46.3 Å². The summed E-state index contributed by atoms with van der Waals surface area (Å²) in [6, 6.07) is 9.77. The van der Waals surface area contributed by atoms with E-state index >= 15 is 0 Å². The Morgan fingerprint density at radius 3 is 2.25 bits per heavy atom. The fraction of sp³-hybridized carbons (Fsp3) is 0.154. The lowest BCUT2D eigenvalue weighted by atomic mass is 10.1. The van der Waals surface area contributed by atoms with Crippen molar-refractivity contribution in [1.29, 1.82) is 0 Å². The molecule has 0 radical (unpaired) electrons. The second-order valence-corrected chi connectivity index (χ2v) is 4.93. The zero-order chi connectivity index (χ0) is 11.7. The maximum Gasteiger partial charge on any atom is 0.345 e. The van der Waals surface area contributed by atoms with Crippen LogP contribution in [0.4, 0.5) is 0 Å². The molecule has 1 aromatic carbocycles. The fourth-order valence-electron chi connectivity index (χ4n) is 1.72. The van der Waals surface area contributed by atoms with Gasteiger partial charge in [0, 0.05) is 4.88 Å². The van der Waals surface area contributed by atoms with Crippen LogP contribution in [-0.4, -0.2) is 11.1 Å². The molecule has 16 heavy (non-hydrogen) atoms. The van der Waals surface area contributed by atoms with Gasteiger partial charge in [0.05, 0.1) is 0 Å². The van der Waals surface area contributed by atoms with Crippen LogP contribution in [0.15, 0.2) is 30.3 Å². The molecule has 0 bridgehead atoms. The molecular weight excluding hydrogens is 220 g/mol. The van der Waals surface area contributed by atoms with Gasteiger partial charge < -0.3 is 5.11 Å². The Morgan fingerprint density at radius 2 is 1.75 bits per heavy atom. The summed E-state index contributed by atoms with van der Waals surface area (Å²) >= 11 is 1.31. The van der Waals surface area contributed by atoms with Gasteiger partial charge in [0.15, 0.2) is 0 Å². The zero-order valence-electron chi connectivity index (χ0n) is 9.15. The number of aryl methyl sites for hydroxylation is 2. The number of carboxylic acids is 1. The van der Waals surface area contributed by atoms with Gasteiger partial charge in [-0.25, -0.2) is 4.79 Å². The smallest absolute Gasteiger partial charge is 0.345 e. The number of benzene rings is 1. The molecule has 0 aliphatic rings. The van der Waals surface area contributed by atoms with Gasteiger partial charge >= 0.3 is 5.97 Å². The Morgan fingerprint density at radius 1 is 1.12 bits per heavy atom. The maximum absolute atomic E-state index is 10.8. The summed E-state index contributed by atoms with van der Waals surface area (Å²) in [5.74, 6) is -0.861. The van der Waals surface area contributed by atoms with E-state index in [0.29, 0.717) is 4.88 Å². The monoisotopic (exact) mass is 232 g/mol. The van der Waals surface area contributed by atoms with Crippen LogP contribution < -0.4 is 0 Å². The molecule has 0 fully saturated rings. The van der Waals surface area contributed by atoms with E-state index in [4.69, 9.17) is 5.11 Å². The van der Waals surface area contributed by atoms with Crippen molar-refractivity contribution in [1.82, 2.24) is 0 Å². The molecule has 2 rings (SSSR count). The third kappa shape index (κ3) is 2.14. The Hall–Kier alpha value is -1.61. The van der Waals surface area contributed by atoms with Crippen molar-refractivity contribution in [2.45, 2.75) is 13.8 Å². The van der Waals surface area contributed by atoms with Crippen molar-refractivity contribution in [3.8, 4) is 10.4 Å². The third-order valence-electron chi connectivity index (χ3n) is 2.32. The van der Waals surface area contributed by atoms with E-state index in [2.05, 4.69) is 18.2 Å². The van der Waals surface area contributed by atoms with Crippen LogP contribution in [0, 0.1) is 13.8 Å². The molecule has 0 aliphatic carbocycles. The molecule has 2 aromatic rings. The van der Waals surface area contributed by atoms with Gasteiger partial charge in [0.2, 0.25) is 0 Å². The number of thiophene rings is 1. The first-order valence-corrected chi connectivity index (χ1v) is 5.80. The Bertz CT molecular complexity index is 520. The quantitative estimate of drug-likeness (QED) is 0.856. The largest absolute Gasteiger partial charge is 0.477 e. The van der Waals surface area contributed by atoms with Gasteiger partial charge in [-0.15, -0.1) is 11.3 Å². The summed E-state index contributed by atoms with van der Waals surface area (Å²) in [6.45, 7) is 4.09. The second-order valence-electron chi connectivity index (χ2n) is 3.85. The zero-order valence-corrected chi connectivity index (χ0v) is 9.97. The number of aromatic carboxylic acids is 1. The molecule has 0 aliphatic heterocycles. The predicted octanol–water partition coefficient (Wildman–Crippen LogP) is 3.73. The summed E-state index contributed by atoms with van der Waals surface area (Å²) < 4.78 is 0. The van der Waals surface area contributed by atoms with Gasteiger partial charge in [-0.3, -0.25) is 0 Å². The van der Waals surface area contributed by atoms with Gasteiger partial charge in [0.1, 0.15) is 4.88 Å². The summed E-state index contributed by atoms with van der Waals surface area (Å²) in [5, 5.41) is 8.86. The van der Waals surface area contributed by atoms with Crippen molar-refractivity contribution in [2.24, 2.45) is 0 Å². The summed E-state index contributed by atoms with van der Waals surface area (Å²) in [7, 11) is 0. The first kappa shape index (κ1) is 10.9. The van der Waals surface area contributed by atoms with E-state index < -0.39 is 5.97 Å². The molecule has 0 saturated carbocycles. The van der Waals surface area contributed by atoms with Gasteiger partial charge in [0.25, 0.3) is 0 Å². The molecule has 0 atom stereocenters. The molecule has 0 spiro atoms. The minimum absolute atomic E-state index is 0.383. The van der Waals surface area contributed by atoms with E-state index in [-0.39, 0.29) is 0 Å². The SMILES string of the molecule is Cc1cc(C)cc(-c2ccc(C(=O)O)s2)c1. The highest BCUT2D eigenvalue weighted by Gasteiger charge is 2.08. The third-order valence-corrected chi connectivity index (χ3v) is 3.45. The average Bonchev–Trinajstić information content (AvgIpc) is 2.64. The number of carbonyl (C=O) groups is 1. The molecule has 1 aromatic heterocycles. The van der Waals surface area contributed by atoms with Crippen LogP contribution in [0.25, 0.3) is 10.4 Å². The van der Waals surface area contributed by atoms with Crippen molar-refractivity contribution < 1.29 is 9.90 Å². The molecule has 2 nitrogen and oxygen atoms in total. The Labute approximate surface area is 98.2 Å². The Kier molecular flexibility index (Phi) is 2.79. The highest BCUT2D eigenvalue weighted by molar-refractivity contribution is 7.17.